The second kappa shape index (κ2) is 12.3. The lowest BCUT2D eigenvalue weighted by Crippen LogP contribution is -2.45. The van der Waals surface area contributed by atoms with Gasteiger partial charge in [0.1, 0.15) is 22.3 Å². The molecule has 0 aliphatic carbocycles. The number of halogens is 4. The highest BCUT2D eigenvalue weighted by molar-refractivity contribution is 7.17. The first-order chi connectivity index (χ1) is 22.9. The van der Waals surface area contributed by atoms with Crippen molar-refractivity contribution in [1.29, 1.82) is 0 Å². The third-order valence-electron chi connectivity index (χ3n) is 9.08. The maximum atomic E-state index is 14.4. The zero-order valence-corrected chi connectivity index (χ0v) is 27.3. The van der Waals surface area contributed by atoms with Gasteiger partial charge in [0.15, 0.2) is 5.69 Å². The first-order valence-electron chi connectivity index (χ1n) is 15.5. The molecule has 3 aliphatic heterocycles. The smallest absolute Gasteiger partial charge is 0.435 e. The Morgan fingerprint density at radius 2 is 1.92 bits per heavy atom. The Morgan fingerprint density at radius 1 is 1.15 bits per heavy atom. The van der Waals surface area contributed by atoms with Gasteiger partial charge in [-0.3, -0.25) is 14.2 Å². The highest BCUT2D eigenvalue weighted by Gasteiger charge is 2.42. The van der Waals surface area contributed by atoms with E-state index in [1.165, 1.54) is 9.47 Å². The first-order valence-corrected chi connectivity index (χ1v) is 16.7. The van der Waals surface area contributed by atoms with Crippen molar-refractivity contribution >= 4 is 51.5 Å². The Kier molecular flexibility index (Phi) is 8.32. The first kappa shape index (κ1) is 32.3. The number of alkyl halides is 3. The number of ether oxygens (including phenoxy) is 1. The topological polar surface area (TPSA) is 136 Å². The van der Waals surface area contributed by atoms with Crippen LogP contribution in [-0.2, 0) is 17.5 Å². The van der Waals surface area contributed by atoms with Crippen LogP contribution in [0.5, 0.6) is 0 Å². The molecule has 11 nitrogen and oxygen atoms in total. The number of hydrogen-bond donors (Lipinski definition) is 2. The molecule has 48 heavy (non-hydrogen) atoms. The van der Waals surface area contributed by atoms with E-state index in [1.807, 2.05) is 12.1 Å². The Bertz CT molecular complexity index is 1980. The minimum atomic E-state index is -4.89. The molecule has 3 saturated heterocycles. The fourth-order valence-electron chi connectivity index (χ4n) is 6.57. The lowest BCUT2D eigenvalue weighted by Gasteiger charge is -2.33. The van der Waals surface area contributed by atoms with E-state index in [1.54, 1.807) is 36.1 Å². The summed E-state index contributed by atoms with van der Waals surface area (Å²) in [7, 11) is 0. The molecular formula is C32H31ClF3N7O4S. The van der Waals surface area contributed by atoms with Gasteiger partial charge in [-0.05, 0) is 56.0 Å². The number of nitrogens with one attached hydrogen (secondary N) is 1. The number of carbonyl (C=O) groups is 2. The summed E-state index contributed by atoms with van der Waals surface area (Å²) in [5.41, 5.74) is 6.10. The largest absolute Gasteiger partial charge is 0.447 e. The lowest BCUT2D eigenvalue weighted by molar-refractivity contribution is -0.141. The summed E-state index contributed by atoms with van der Waals surface area (Å²) < 4.78 is 49.8. The van der Waals surface area contributed by atoms with Crippen molar-refractivity contribution in [3.05, 3.63) is 73.7 Å². The molecular weight excluding hydrogens is 671 g/mol. The van der Waals surface area contributed by atoms with Gasteiger partial charge >= 0.3 is 12.3 Å². The number of anilines is 1. The van der Waals surface area contributed by atoms with Crippen LogP contribution in [0.15, 0.2) is 41.2 Å². The number of likely N-dealkylation sites (tertiary alicyclic amines) is 1. The van der Waals surface area contributed by atoms with Gasteiger partial charge in [-0.15, -0.1) is 11.3 Å². The normalized spacial score (nSPS) is 21.1. The molecule has 16 heteroatoms. The summed E-state index contributed by atoms with van der Waals surface area (Å²) in [5.74, 6) is -0.365. The molecule has 4 aromatic rings. The summed E-state index contributed by atoms with van der Waals surface area (Å²) in [6, 6.07) is 9.58. The van der Waals surface area contributed by atoms with E-state index in [2.05, 4.69) is 15.3 Å². The average Bonchev–Trinajstić information content (AvgIpc) is 3.78. The van der Waals surface area contributed by atoms with E-state index in [-0.39, 0.29) is 77.5 Å². The fourth-order valence-corrected chi connectivity index (χ4v) is 7.78. The summed E-state index contributed by atoms with van der Waals surface area (Å²) in [4.78, 5) is 50.5. The number of fused-ring (bicyclic) bond motifs is 2. The number of nitrogens with zero attached hydrogens (tertiary/aromatic N) is 5. The van der Waals surface area contributed by atoms with Gasteiger partial charge in [-0.1, -0.05) is 23.7 Å². The zero-order chi connectivity index (χ0) is 33.9. The second-order valence-corrected chi connectivity index (χ2v) is 13.8. The second-order valence-electron chi connectivity index (χ2n) is 12.4. The van der Waals surface area contributed by atoms with E-state index >= 15 is 0 Å². The molecule has 7 rings (SSSR count). The van der Waals surface area contributed by atoms with Crippen LogP contribution in [0.1, 0.15) is 46.0 Å². The van der Waals surface area contributed by atoms with Gasteiger partial charge in [-0.25, -0.2) is 14.8 Å². The molecule has 2 amide bonds. The van der Waals surface area contributed by atoms with Crippen LogP contribution in [0.4, 0.5) is 23.7 Å². The molecule has 0 spiro atoms. The number of benzene rings is 2. The zero-order valence-electron chi connectivity index (χ0n) is 25.7. The molecule has 3 atom stereocenters. The Balaban J connectivity index is 1.33. The van der Waals surface area contributed by atoms with E-state index in [9.17, 15) is 27.6 Å². The Morgan fingerprint density at radius 3 is 2.62 bits per heavy atom. The summed E-state index contributed by atoms with van der Waals surface area (Å²) >= 11 is 6.69. The van der Waals surface area contributed by atoms with Crippen molar-refractivity contribution in [2.24, 2.45) is 5.73 Å². The third kappa shape index (κ3) is 6.10. The van der Waals surface area contributed by atoms with Crippen LogP contribution in [0.25, 0.3) is 21.5 Å². The van der Waals surface area contributed by atoms with Crippen LogP contribution in [0.2, 0.25) is 5.02 Å². The molecule has 3 fully saturated rings. The summed E-state index contributed by atoms with van der Waals surface area (Å²) in [5, 5.41) is 4.21. The average molecular weight is 702 g/mol. The highest BCUT2D eigenvalue weighted by atomic mass is 35.5. The molecule has 3 N–H and O–H groups in total. The fraction of sp³-hybridized carbons (Fsp3) is 0.406. The standard InChI is InChI=1S/C32H31ClF3N7O4S/c1-16-38-25-11-22(28-40-27(32(34,35)36)26(48-28)30(45)41-8-6-19(37)14-41)24(39-20-7-9-42-21(10-20)15-47-31(42)46)12-23(25)29(44)43(16)13-17-2-4-18(33)5-3-17/h2-5,11-12,19-21,39H,6-10,13-15,37H2,1H3/t19?,20-,21-/m0/s1. The van der Waals surface area contributed by atoms with Gasteiger partial charge in [0.25, 0.3) is 11.5 Å². The van der Waals surface area contributed by atoms with Crippen molar-refractivity contribution in [3.63, 3.8) is 0 Å². The minimum absolute atomic E-state index is 0.0415. The van der Waals surface area contributed by atoms with Crippen LogP contribution in [0, 0.1) is 6.92 Å². The molecule has 3 aliphatic rings. The number of nitrogens with two attached hydrogens (primary N) is 1. The van der Waals surface area contributed by atoms with E-state index in [4.69, 9.17) is 22.1 Å². The molecule has 2 aromatic heterocycles. The monoisotopic (exact) mass is 701 g/mol. The number of cyclic esters (lactones) is 1. The van der Waals surface area contributed by atoms with Crippen LogP contribution < -0.4 is 16.6 Å². The van der Waals surface area contributed by atoms with Crippen LogP contribution in [-0.4, -0.2) is 80.7 Å². The molecule has 0 radical (unpaired) electrons. The number of aryl methyl sites for hydroxylation is 1. The number of rotatable bonds is 6. The number of thiazole rings is 1. The SMILES string of the molecule is Cc1nc2cc(-c3nc(C(F)(F)F)c(C(=O)N4CCC(N)C4)s3)c(N[C@H]3CCN4C(=O)OC[C@@H]4C3)cc2c(=O)n1Cc1ccc(Cl)cc1. The maximum Gasteiger partial charge on any atom is 0.435 e. The van der Waals surface area contributed by atoms with Gasteiger partial charge in [0.05, 0.1) is 23.5 Å². The molecule has 2 aromatic carbocycles. The molecule has 0 bridgehead atoms. The third-order valence-corrected chi connectivity index (χ3v) is 10.4. The Labute approximate surface area is 281 Å². The van der Waals surface area contributed by atoms with Gasteiger partial charge < -0.3 is 25.6 Å². The molecule has 1 unspecified atom stereocenters. The van der Waals surface area contributed by atoms with Gasteiger partial charge in [0, 0.05) is 48.0 Å². The Hall–Kier alpha value is -4.21. The van der Waals surface area contributed by atoms with Gasteiger partial charge in [0.2, 0.25) is 0 Å². The van der Waals surface area contributed by atoms with Gasteiger partial charge in [-0.2, -0.15) is 13.2 Å². The summed E-state index contributed by atoms with van der Waals surface area (Å²) in [6.07, 6.45) is -3.69. The lowest BCUT2D eigenvalue weighted by atomic mass is 9.97. The predicted octanol–water partition coefficient (Wildman–Crippen LogP) is 5.12. The van der Waals surface area contributed by atoms with Crippen LogP contribution in [0.3, 0.4) is 0 Å². The number of carbonyl (C=O) groups excluding carboxylic acids is 2. The predicted molar refractivity (Wildman–Crippen MR) is 174 cm³/mol. The quantitative estimate of drug-likeness (QED) is 0.283. The number of hydrogen-bond acceptors (Lipinski definition) is 9. The maximum absolute atomic E-state index is 14.4. The van der Waals surface area contributed by atoms with Crippen molar-refractivity contribution < 1.29 is 27.5 Å². The van der Waals surface area contributed by atoms with E-state index in [0.29, 0.717) is 53.7 Å². The van der Waals surface area contributed by atoms with Crippen molar-refractivity contribution in [2.75, 3.05) is 31.6 Å². The molecule has 5 heterocycles. The van der Waals surface area contributed by atoms with Crippen molar-refractivity contribution in [3.8, 4) is 10.6 Å². The van der Waals surface area contributed by atoms with Crippen molar-refractivity contribution in [2.45, 2.75) is 57.0 Å². The number of aromatic nitrogens is 3. The number of piperidine rings is 1. The van der Waals surface area contributed by atoms with E-state index in [0.717, 1.165) is 5.56 Å². The summed E-state index contributed by atoms with van der Waals surface area (Å²) in [6.45, 7) is 3.01. The number of amides is 2. The van der Waals surface area contributed by atoms with Crippen molar-refractivity contribution in [1.82, 2.24) is 24.3 Å². The molecule has 0 saturated carbocycles. The van der Waals surface area contributed by atoms with E-state index < -0.39 is 22.7 Å². The van der Waals surface area contributed by atoms with Crippen LogP contribution >= 0.6 is 22.9 Å². The molecule has 252 valence electrons. The minimum Gasteiger partial charge on any atom is -0.447 e. The highest BCUT2D eigenvalue weighted by Crippen LogP contribution is 2.42.